The lowest BCUT2D eigenvalue weighted by molar-refractivity contribution is -0.134. The summed E-state index contributed by atoms with van der Waals surface area (Å²) in [6.07, 6.45) is 8.13. The second kappa shape index (κ2) is 14.9. The Labute approximate surface area is 314 Å². The minimum absolute atomic E-state index is 0.0786. The number of rotatable bonds is 9. The lowest BCUT2D eigenvalue weighted by Gasteiger charge is -2.34. The maximum atomic E-state index is 16.3. The number of carboxylic acids is 1. The Bertz CT molecular complexity index is 2330. The molecule has 0 saturated carbocycles. The predicted octanol–water partition coefficient (Wildman–Crippen LogP) is 6.01. The maximum Gasteiger partial charge on any atom is 0.352 e. The number of imide groups is 1. The van der Waals surface area contributed by atoms with Crippen molar-refractivity contribution < 1.29 is 33.1 Å². The zero-order valence-corrected chi connectivity index (χ0v) is 29.9. The van der Waals surface area contributed by atoms with Gasteiger partial charge in [-0.2, -0.15) is 0 Å². The van der Waals surface area contributed by atoms with Crippen molar-refractivity contribution >= 4 is 45.9 Å². The number of piperidine rings is 2. The minimum atomic E-state index is -1.20. The fraction of sp³-hybridized carbons (Fsp3) is 0.317. The number of hydrogen-bond donors (Lipinski definition) is 3. The van der Waals surface area contributed by atoms with Crippen LogP contribution in [0.3, 0.4) is 0 Å². The van der Waals surface area contributed by atoms with Gasteiger partial charge in [0.25, 0.3) is 0 Å². The molecule has 1 atom stereocenters. The fourth-order valence-corrected chi connectivity index (χ4v) is 8.12. The number of H-pyrrole nitrogens is 1. The van der Waals surface area contributed by atoms with Crippen LogP contribution in [0.25, 0.3) is 27.6 Å². The number of hydrogen-bond acceptors (Lipinski definition) is 7. The minimum Gasteiger partial charge on any atom is -0.477 e. The van der Waals surface area contributed by atoms with Crippen molar-refractivity contribution in [3.05, 3.63) is 107 Å². The van der Waals surface area contributed by atoms with E-state index in [0.29, 0.717) is 72.4 Å². The molecule has 0 spiro atoms. The van der Waals surface area contributed by atoms with Crippen molar-refractivity contribution in [2.24, 2.45) is 0 Å². The predicted molar refractivity (Wildman–Crippen MR) is 200 cm³/mol. The Hall–Kier alpha value is -6.18. The van der Waals surface area contributed by atoms with Crippen molar-refractivity contribution in [2.45, 2.75) is 56.9 Å². The molecule has 0 bridgehead atoms. The van der Waals surface area contributed by atoms with E-state index in [9.17, 15) is 24.3 Å². The van der Waals surface area contributed by atoms with Crippen molar-refractivity contribution in [1.29, 1.82) is 0 Å². The van der Waals surface area contributed by atoms with Gasteiger partial charge in [-0.15, -0.1) is 5.10 Å². The van der Waals surface area contributed by atoms with E-state index in [0.717, 1.165) is 24.0 Å². The van der Waals surface area contributed by atoms with Crippen LogP contribution >= 0.6 is 0 Å². The number of anilines is 1. The van der Waals surface area contributed by atoms with Gasteiger partial charge in [0, 0.05) is 56.2 Å². The monoisotopic (exact) mass is 747 g/mol. The highest BCUT2D eigenvalue weighted by Gasteiger charge is 2.30. The van der Waals surface area contributed by atoms with E-state index in [4.69, 9.17) is 0 Å². The van der Waals surface area contributed by atoms with E-state index in [2.05, 4.69) is 20.6 Å². The number of aryl methyl sites for hydroxylation is 1. The highest BCUT2D eigenvalue weighted by molar-refractivity contribution is 6.03. The SMILES string of the molecule is O=C1CCC(c2ccc(N3CCC(c4ccc(-c5cc(C6=CCCN(C(=O)CCn7ccnn7)C6)c(F)c6[nH]c(C(=O)O)cc56)cc4)CC3)c(F)c2)C(=O)N1. The summed E-state index contributed by atoms with van der Waals surface area (Å²) in [6.45, 7) is 2.39. The van der Waals surface area contributed by atoms with Crippen LogP contribution in [0.15, 0.2) is 73.1 Å². The molecule has 12 nitrogen and oxygen atoms in total. The van der Waals surface area contributed by atoms with E-state index in [1.165, 1.54) is 12.1 Å². The molecule has 2 aromatic heterocycles. The number of nitrogens with zero attached hydrogens (tertiary/aromatic N) is 5. The molecule has 3 aliphatic rings. The van der Waals surface area contributed by atoms with Crippen molar-refractivity contribution in [3.8, 4) is 11.1 Å². The summed E-state index contributed by atoms with van der Waals surface area (Å²) in [7, 11) is 0. The number of halogens is 2. The summed E-state index contributed by atoms with van der Waals surface area (Å²) in [5, 5.41) is 20.2. The lowest BCUT2D eigenvalue weighted by Crippen LogP contribution is -2.39. The molecule has 55 heavy (non-hydrogen) atoms. The van der Waals surface area contributed by atoms with Crippen LogP contribution in [0.2, 0.25) is 0 Å². The molecular weight excluding hydrogens is 708 g/mol. The van der Waals surface area contributed by atoms with Crippen LogP contribution in [0.1, 0.15) is 77.5 Å². The normalized spacial score (nSPS) is 18.1. The Morgan fingerprint density at radius 1 is 0.927 bits per heavy atom. The third-order valence-corrected chi connectivity index (χ3v) is 11.1. The summed E-state index contributed by atoms with van der Waals surface area (Å²) in [5.74, 6) is -3.25. The van der Waals surface area contributed by atoms with E-state index in [1.807, 2.05) is 35.2 Å². The number of nitrogens with one attached hydrogen (secondary N) is 2. The molecule has 0 aliphatic carbocycles. The molecule has 5 aromatic rings. The van der Waals surface area contributed by atoms with Crippen molar-refractivity contribution in [3.63, 3.8) is 0 Å². The molecule has 14 heteroatoms. The van der Waals surface area contributed by atoms with Gasteiger partial charge in [-0.3, -0.25) is 24.4 Å². The second-order valence-corrected chi connectivity index (χ2v) is 14.4. The molecule has 8 rings (SSSR count). The molecular formula is C41H39F2N7O5. The number of aromatic amines is 1. The molecule has 3 N–H and O–H groups in total. The number of carboxylic acid groups (broad SMARTS) is 1. The summed E-state index contributed by atoms with van der Waals surface area (Å²) >= 11 is 0. The van der Waals surface area contributed by atoms with Crippen LogP contribution in [0.4, 0.5) is 14.5 Å². The quantitative estimate of drug-likeness (QED) is 0.155. The number of carbonyl (C=O) groups excluding carboxylic acids is 3. The van der Waals surface area contributed by atoms with Gasteiger partial charge in [0.05, 0.1) is 29.9 Å². The number of aromatic carboxylic acids is 1. The van der Waals surface area contributed by atoms with Crippen molar-refractivity contribution in [2.75, 3.05) is 31.1 Å². The molecule has 1 unspecified atom stereocenters. The molecule has 3 aromatic carbocycles. The number of fused-ring (bicyclic) bond motifs is 1. The zero-order valence-electron chi connectivity index (χ0n) is 29.9. The standard InChI is InChI=1S/C41H39F2N7O5/c42-33-20-27(29-8-10-36(51)46-40(29)53)7-9-35(33)48-16-11-25(12-17-48)24-3-5-26(6-4-24)30-21-31(38(43)39-32(30)22-34(45-39)41(54)55)28-2-1-15-49(23-28)37(52)13-18-50-19-14-44-47-50/h2-7,9,14,19-22,25,29,45H,1,8,10-13,15-18,23H2,(H,54,55)(H,46,51,53). The maximum absolute atomic E-state index is 16.3. The average molecular weight is 748 g/mol. The van der Waals surface area contributed by atoms with E-state index in [1.54, 1.807) is 40.2 Å². The van der Waals surface area contributed by atoms with Gasteiger partial charge in [-0.1, -0.05) is 41.6 Å². The van der Waals surface area contributed by atoms with Crippen LogP contribution in [0, 0.1) is 11.6 Å². The second-order valence-electron chi connectivity index (χ2n) is 14.4. The molecule has 2 saturated heterocycles. The number of benzene rings is 3. The highest BCUT2D eigenvalue weighted by Crippen LogP contribution is 2.39. The molecule has 0 radical (unpaired) electrons. The van der Waals surface area contributed by atoms with Crippen LogP contribution in [-0.4, -0.2) is 79.9 Å². The molecule has 3 aliphatic heterocycles. The lowest BCUT2D eigenvalue weighted by atomic mass is 9.87. The molecule has 2 fully saturated rings. The van der Waals surface area contributed by atoms with E-state index in [-0.39, 0.29) is 48.3 Å². The van der Waals surface area contributed by atoms with Gasteiger partial charge in [-0.25, -0.2) is 13.6 Å². The van der Waals surface area contributed by atoms with Crippen molar-refractivity contribution in [1.82, 2.24) is 30.2 Å². The summed E-state index contributed by atoms with van der Waals surface area (Å²) < 4.78 is 33.2. The zero-order chi connectivity index (χ0) is 38.2. The summed E-state index contributed by atoms with van der Waals surface area (Å²) in [5.41, 5.74) is 4.55. The highest BCUT2D eigenvalue weighted by atomic mass is 19.1. The first kappa shape index (κ1) is 35.8. The van der Waals surface area contributed by atoms with Crippen LogP contribution < -0.4 is 10.2 Å². The van der Waals surface area contributed by atoms with Gasteiger partial charge in [0.2, 0.25) is 17.7 Å². The molecule has 3 amide bonds. The topological polar surface area (TPSA) is 154 Å². The van der Waals surface area contributed by atoms with Crippen LogP contribution in [0.5, 0.6) is 0 Å². The fourth-order valence-electron chi connectivity index (χ4n) is 8.12. The summed E-state index contributed by atoms with van der Waals surface area (Å²) in [4.78, 5) is 55.4. The Balaban J connectivity index is 0.989. The van der Waals surface area contributed by atoms with Gasteiger partial charge in [0.15, 0.2) is 5.82 Å². The van der Waals surface area contributed by atoms with Crippen LogP contribution in [-0.2, 0) is 20.9 Å². The van der Waals surface area contributed by atoms with E-state index >= 15 is 8.78 Å². The molecule has 282 valence electrons. The first-order valence-corrected chi connectivity index (χ1v) is 18.5. The molecule has 5 heterocycles. The van der Waals surface area contributed by atoms with E-state index < -0.39 is 29.4 Å². The van der Waals surface area contributed by atoms with Gasteiger partial charge in [-0.05, 0) is 83.7 Å². The Morgan fingerprint density at radius 2 is 1.71 bits per heavy atom. The number of aromatic nitrogens is 4. The largest absolute Gasteiger partial charge is 0.477 e. The number of amides is 3. The number of carbonyl (C=O) groups is 4. The van der Waals surface area contributed by atoms with Gasteiger partial charge in [0.1, 0.15) is 11.5 Å². The Morgan fingerprint density at radius 3 is 2.42 bits per heavy atom. The van der Waals surface area contributed by atoms with Gasteiger partial charge < -0.3 is 19.9 Å². The first-order chi connectivity index (χ1) is 26.6. The van der Waals surface area contributed by atoms with Gasteiger partial charge >= 0.3 is 5.97 Å². The third-order valence-electron chi connectivity index (χ3n) is 11.1. The average Bonchev–Trinajstić information content (AvgIpc) is 3.89. The first-order valence-electron chi connectivity index (χ1n) is 18.5. The summed E-state index contributed by atoms with van der Waals surface area (Å²) in [6, 6.07) is 16.1. The Kier molecular flexibility index (Phi) is 9.72. The third kappa shape index (κ3) is 7.23. The smallest absolute Gasteiger partial charge is 0.352 e.